The van der Waals surface area contributed by atoms with E-state index in [1.54, 1.807) is 30.3 Å². The average molecular weight is 388 g/mol. The molecule has 0 bridgehead atoms. The molecule has 1 atom stereocenters. The second-order valence-corrected chi connectivity index (χ2v) is 9.12. The fraction of sp³-hybridized carbons (Fsp3) is 0.368. The minimum atomic E-state index is -2.33. The largest absolute Gasteiger partial charge is 0.367 e. The zero-order valence-corrected chi connectivity index (χ0v) is 16.2. The van der Waals surface area contributed by atoms with Crippen LogP contribution in [0.1, 0.15) is 42.6 Å². The number of nitrogens with zero attached hydrogens (tertiary/aromatic N) is 2. The maximum Gasteiger partial charge on any atom is 0.274 e. The molecule has 0 radical (unpaired) electrons. The first-order chi connectivity index (χ1) is 12.9. The Balaban J connectivity index is 1.62. The van der Waals surface area contributed by atoms with Crippen LogP contribution in [0.2, 0.25) is 0 Å². The Morgan fingerprint density at radius 1 is 1.11 bits per heavy atom. The lowest BCUT2D eigenvalue weighted by Crippen LogP contribution is -2.23. The Morgan fingerprint density at radius 3 is 2.44 bits per heavy atom. The van der Waals surface area contributed by atoms with E-state index in [9.17, 15) is 9.00 Å². The van der Waals surface area contributed by atoms with Crippen molar-refractivity contribution in [2.75, 3.05) is 21.6 Å². The Bertz CT molecular complexity index is 891. The maximum absolute atomic E-state index is 12.5. The lowest BCUT2D eigenvalue weighted by Gasteiger charge is -2.23. The van der Waals surface area contributed by atoms with Gasteiger partial charge >= 0.3 is 0 Å². The third kappa shape index (κ3) is 5.96. The number of hydrogen-bond acceptors (Lipinski definition) is 5. The third-order valence-electron chi connectivity index (χ3n) is 4.33. The van der Waals surface area contributed by atoms with Crippen LogP contribution in [0.3, 0.4) is 0 Å². The number of carbonyl (C=O) groups is 1. The van der Waals surface area contributed by atoms with Gasteiger partial charge in [0.1, 0.15) is 17.8 Å². The van der Waals surface area contributed by atoms with E-state index in [1.165, 1.54) is 31.8 Å². The summed E-state index contributed by atoms with van der Waals surface area (Å²) in [6.07, 6.45) is 8.92. The van der Waals surface area contributed by atoms with Gasteiger partial charge in [-0.05, 0) is 43.0 Å². The normalized spacial score (nSPS) is 16.9. The van der Waals surface area contributed by atoms with E-state index in [0.29, 0.717) is 28.9 Å². The summed E-state index contributed by atoms with van der Waals surface area (Å²) >= 11 is 0. The number of nitrogens with one attached hydrogen (secondary N) is 3. The molecule has 8 heteroatoms. The Kier molecular flexibility index (Phi) is 5.95. The van der Waals surface area contributed by atoms with Crippen molar-refractivity contribution in [3.63, 3.8) is 0 Å². The summed E-state index contributed by atoms with van der Waals surface area (Å²) < 4.78 is 14.5. The van der Waals surface area contributed by atoms with Crippen molar-refractivity contribution in [3.8, 4) is 0 Å². The van der Waals surface area contributed by atoms with E-state index in [0.717, 1.165) is 12.8 Å². The fourth-order valence-electron chi connectivity index (χ4n) is 3.08. The second-order valence-electron chi connectivity index (χ2n) is 6.91. The quantitative estimate of drug-likeness (QED) is 0.662. The van der Waals surface area contributed by atoms with E-state index in [1.807, 2.05) is 0 Å². The van der Waals surface area contributed by atoms with Crippen molar-refractivity contribution >= 4 is 38.7 Å². The summed E-state index contributed by atoms with van der Waals surface area (Å²) in [5, 5.41) is 6.20. The maximum atomic E-state index is 12.5. The Labute approximate surface area is 160 Å². The number of rotatable bonds is 6. The average Bonchev–Trinajstić information content (AvgIpc) is 2.63. The monoisotopic (exact) mass is 387 g/mol. The van der Waals surface area contributed by atoms with Gasteiger partial charge < -0.3 is 15.4 Å². The van der Waals surface area contributed by atoms with Gasteiger partial charge in [0, 0.05) is 39.4 Å². The number of anilines is 3. The molecule has 1 aliphatic rings. The molecule has 27 heavy (non-hydrogen) atoms. The van der Waals surface area contributed by atoms with Gasteiger partial charge in [-0.2, -0.15) is 0 Å². The highest BCUT2D eigenvalue weighted by Crippen LogP contribution is 2.21. The number of amides is 1. The number of benzene rings is 1. The summed E-state index contributed by atoms with van der Waals surface area (Å²) in [7, 11) is -2.33. The standard InChI is InChI=1S/C19H25N5O2S/c1-27(2,26)24-16-10-8-15(9-11-16)23-19(25)17-12-18(21-13-20-17)22-14-6-4-3-5-7-14/h8-14H,1,3-7H2,2H3,(H,23,25)(H,24,26)(H,20,21,22). The van der Waals surface area contributed by atoms with Crippen molar-refractivity contribution in [2.24, 2.45) is 0 Å². The highest BCUT2D eigenvalue weighted by atomic mass is 32.2. The molecule has 0 aliphatic heterocycles. The predicted molar refractivity (Wildman–Crippen MR) is 112 cm³/mol. The number of hydrogen-bond donors (Lipinski definition) is 3. The molecule has 1 amide bonds. The summed E-state index contributed by atoms with van der Waals surface area (Å²) in [5.74, 6) is 3.92. The van der Waals surface area contributed by atoms with E-state index in [4.69, 9.17) is 0 Å². The molecule has 1 saturated carbocycles. The molecule has 144 valence electrons. The highest BCUT2D eigenvalue weighted by Gasteiger charge is 2.15. The van der Waals surface area contributed by atoms with Crippen LogP contribution in [0.25, 0.3) is 0 Å². The lowest BCUT2D eigenvalue weighted by atomic mass is 9.95. The highest BCUT2D eigenvalue weighted by molar-refractivity contribution is 8.00. The molecule has 3 rings (SSSR count). The van der Waals surface area contributed by atoms with Crippen LogP contribution in [-0.2, 0) is 9.71 Å². The Morgan fingerprint density at radius 2 is 1.78 bits per heavy atom. The van der Waals surface area contributed by atoms with Crippen LogP contribution < -0.4 is 15.4 Å². The molecule has 7 nitrogen and oxygen atoms in total. The van der Waals surface area contributed by atoms with Crippen molar-refractivity contribution in [2.45, 2.75) is 38.1 Å². The van der Waals surface area contributed by atoms with Crippen LogP contribution >= 0.6 is 0 Å². The molecule has 1 aromatic heterocycles. The van der Waals surface area contributed by atoms with E-state index >= 15 is 0 Å². The van der Waals surface area contributed by atoms with Gasteiger partial charge in [0.25, 0.3) is 5.91 Å². The zero-order chi connectivity index (χ0) is 19.3. The van der Waals surface area contributed by atoms with Crippen LogP contribution in [0.4, 0.5) is 17.2 Å². The van der Waals surface area contributed by atoms with Crippen LogP contribution in [0, 0.1) is 0 Å². The minimum Gasteiger partial charge on any atom is -0.367 e. The predicted octanol–water partition coefficient (Wildman–Crippen LogP) is 3.15. The minimum absolute atomic E-state index is 0.304. The first kappa shape index (κ1) is 19.2. The summed E-state index contributed by atoms with van der Waals surface area (Å²) in [5.41, 5.74) is 1.61. The molecule has 1 heterocycles. The molecule has 1 aliphatic carbocycles. The lowest BCUT2D eigenvalue weighted by molar-refractivity contribution is 0.102. The SMILES string of the molecule is C=S(C)(=O)Nc1ccc(NC(=O)c2cc(NC3CCCCC3)ncn2)cc1. The van der Waals surface area contributed by atoms with Crippen molar-refractivity contribution in [1.29, 1.82) is 0 Å². The van der Waals surface area contributed by atoms with Crippen LogP contribution in [-0.4, -0.2) is 38.3 Å². The molecule has 2 aromatic rings. The van der Waals surface area contributed by atoms with Gasteiger partial charge in [-0.15, -0.1) is 0 Å². The Hall–Kier alpha value is -2.61. The molecule has 0 saturated heterocycles. The summed E-state index contributed by atoms with van der Waals surface area (Å²) in [4.78, 5) is 20.8. The van der Waals surface area contributed by atoms with E-state index in [-0.39, 0.29) is 5.91 Å². The topological polar surface area (TPSA) is 96.0 Å². The third-order valence-corrected chi connectivity index (χ3v) is 5.00. The van der Waals surface area contributed by atoms with E-state index in [2.05, 4.69) is 31.2 Å². The van der Waals surface area contributed by atoms with Gasteiger partial charge in [0.05, 0.1) is 0 Å². The molecular weight excluding hydrogens is 362 g/mol. The van der Waals surface area contributed by atoms with Gasteiger partial charge in [-0.3, -0.25) is 4.79 Å². The smallest absolute Gasteiger partial charge is 0.274 e. The molecule has 1 aromatic carbocycles. The van der Waals surface area contributed by atoms with Crippen molar-refractivity contribution < 1.29 is 9.00 Å². The van der Waals surface area contributed by atoms with Gasteiger partial charge in [0.15, 0.2) is 0 Å². The fourth-order valence-corrected chi connectivity index (χ4v) is 3.72. The zero-order valence-electron chi connectivity index (χ0n) is 15.4. The first-order valence-electron chi connectivity index (χ1n) is 8.99. The number of aromatic nitrogens is 2. The van der Waals surface area contributed by atoms with E-state index < -0.39 is 9.71 Å². The van der Waals surface area contributed by atoms with Crippen molar-refractivity contribution in [3.05, 3.63) is 42.4 Å². The molecule has 3 N–H and O–H groups in total. The second kappa shape index (κ2) is 8.39. The van der Waals surface area contributed by atoms with Crippen LogP contribution in [0.5, 0.6) is 0 Å². The van der Waals surface area contributed by atoms with Gasteiger partial charge in [0.2, 0.25) is 0 Å². The molecule has 0 spiro atoms. The molecular formula is C19H25N5O2S. The van der Waals surface area contributed by atoms with Crippen LogP contribution in [0.15, 0.2) is 36.7 Å². The van der Waals surface area contributed by atoms with Crippen molar-refractivity contribution in [1.82, 2.24) is 9.97 Å². The first-order valence-corrected chi connectivity index (χ1v) is 11.1. The summed E-state index contributed by atoms with van der Waals surface area (Å²) in [6, 6.07) is 9.02. The summed E-state index contributed by atoms with van der Waals surface area (Å²) in [6.45, 7) is 0. The molecule has 1 fully saturated rings. The molecule has 1 unspecified atom stereocenters. The van der Waals surface area contributed by atoms with Gasteiger partial charge in [-0.1, -0.05) is 19.3 Å². The number of carbonyl (C=O) groups excluding carboxylic acids is 1. The van der Waals surface area contributed by atoms with Gasteiger partial charge in [-0.25, -0.2) is 14.2 Å².